The van der Waals surface area contributed by atoms with E-state index in [1.54, 1.807) is 20.8 Å². The number of hydrogen-bond donors (Lipinski definition) is 2. The van der Waals surface area contributed by atoms with Crippen LogP contribution in [0.1, 0.15) is 38.8 Å². The van der Waals surface area contributed by atoms with Crippen LogP contribution < -0.4 is 10.0 Å². The van der Waals surface area contributed by atoms with Gasteiger partial charge < -0.3 is 5.32 Å². The first-order chi connectivity index (χ1) is 15.9. The van der Waals surface area contributed by atoms with Gasteiger partial charge in [-0.3, -0.25) is 4.79 Å². The van der Waals surface area contributed by atoms with Crippen molar-refractivity contribution in [1.29, 1.82) is 5.26 Å². The Bertz CT molecular complexity index is 1280. The van der Waals surface area contributed by atoms with Crippen LogP contribution in [-0.4, -0.2) is 34.6 Å². The molecule has 190 valence electrons. The fourth-order valence-corrected chi connectivity index (χ4v) is 5.48. The van der Waals surface area contributed by atoms with Gasteiger partial charge in [0.1, 0.15) is 11.4 Å². The average molecular weight is 534 g/mol. The fraction of sp³-hybridized carbons (Fsp3) is 0.364. The van der Waals surface area contributed by atoms with Gasteiger partial charge in [-0.25, -0.2) is 21.7 Å². The van der Waals surface area contributed by atoms with E-state index >= 15 is 0 Å². The number of sulfone groups is 1. The van der Waals surface area contributed by atoms with Gasteiger partial charge in [-0.15, -0.1) is 0 Å². The van der Waals surface area contributed by atoms with Crippen LogP contribution in [0.2, 0.25) is 0 Å². The summed E-state index contributed by atoms with van der Waals surface area (Å²) in [5.74, 6) is -2.71. The molecule has 0 aromatic heterocycles. The topological polar surface area (TPSA) is 116 Å². The summed E-state index contributed by atoms with van der Waals surface area (Å²) in [4.78, 5) is 12.9. The Hall–Kier alpha value is -2.82. The molecule has 0 aliphatic carbocycles. The van der Waals surface area contributed by atoms with Crippen molar-refractivity contribution in [3.05, 3.63) is 59.4 Å². The normalized spacial score (nSPS) is 15.1. The Labute approximate surface area is 203 Å². The van der Waals surface area contributed by atoms with E-state index in [-0.39, 0.29) is 10.6 Å². The van der Waals surface area contributed by atoms with Crippen LogP contribution in [0, 0.1) is 17.1 Å². The lowest BCUT2D eigenvalue weighted by atomic mass is 10.0. The van der Waals surface area contributed by atoms with Gasteiger partial charge in [-0.1, -0.05) is 0 Å². The van der Waals surface area contributed by atoms with E-state index in [1.807, 2.05) is 0 Å². The zero-order valence-corrected chi connectivity index (χ0v) is 20.8. The molecule has 13 heteroatoms. The number of nitrogens with one attached hydrogen (secondary N) is 2. The summed E-state index contributed by atoms with van der Waals surface area (Å²) in [5.41, 5.74) is -4.39. The molecule has 0 aliphatic heterocycles. The van der Waals surface area contributed by atoms with Crippen molar-refractivity contribution in [3.8, 4) is 6.07 Å². The van der Waals surface area contributed by atoms with Crippen LogP contribution in [0.15, 0.2) is 47.4 Å². The van der Waals surface area contributed by atoms with Gasteiger partial charge in [-0.05, 0) is 70.2 Å². The molecule has 0 heterocycles. The number of carbonyl (C=O) groups is 1. The second kappa shape index (κ2) is 10.0. The van der Waals surface area contributed by atoms with Crippen molar-refractivity contribution in [2.75, 3.05) is 11.1 Å². The predicted octanol–water partition coefficient (Wildman–Crippen LogP) is 3.94. The molecule has 2 aromatic carbocycles. The van der Waals surface area contributed by atoms with Crippen molar-refractivity contribution in [3.63, 3.8) is 0 Å². The van der Waals surface area contributed by atoms with Gasteiger partial charge in [0, 0.05) is 5.69 Å². The summed E-state index contributed by atoms with van der Waals surface area (Å²) >= 11 is 0. The molecule has 35 heavy (non-hydrogen) atoms. The Morgan fingerprint density at radius 3 is 2.11 bits per heavy atom. The smallest absolute Gasteiger partial charge is 0.324 e. The average Bonchev–Trinajstić information content (AvgIpc) is 2.72. The summed E-state index contributed by atoms with van der Waals surface area (Å²) in [7, 11) is -6.21. The van der Waals surface area contributed by atoms with E-state index in [1.165, 1.54) is 6.07 Å². The molecular weight excluding hydrogens is 510 g/mol. The minimum atomic E-state index is -4.88. The minimum Gasteiger partial charge on any atom is -0.324 e. The lowest BCUT2D eigenvalue weighted by Crippen LogP contribution is -2.59. The van der Waals surface area contributed by atoms with E-state index in [4.69, 9.17) is 5.26 Å². The van der Waals surface area contributed by atoms with E-state index in [2.05, 4.69) is 10.0 Å². The number of halogens is 4. The second-order valence-corrected chi connectivity index (χ2v) is 12.8. The highest BCUT2D eigenvalue weighted by Crippen LogP contribution is 2.34. The standard InChI is InChI=1S/C22H23F4N3O4S2/c1-20(2,3)34(31)29-21(4,13-35(32,33)17-9-6-15(23)7-10-17)19(30)28-16-8-5-14(12-27)18(11-16)22(24,25)26/h5-11,29H,13H2,1-4H3,(H,28,30)/t21-,34-/m0/s1. The van der Waals surface area contributed by atoms with E-state index < -0.39 is 65.9 Å². The highest BCUT2D eigenvalue weighted by atomic mass is 32.2. The Morgan fingerprint density at radius 2 is 1.63 bits per heavy atom. The number of nitriles is 1. The van der Waals surface area contributed by atoms with Gasteiger partial charge in [0.25, 0.3) is 0 Å². The van der Waals surface area contributed by atoms with Crippen LogP contribution in [-0.2, 0) is 31.8 Å². The summed E-state index contributed by atoms with van der Waals surface area (Å²) in [6, 6.07) is 7.72. The third-order valence-electron chi connectivity index (χ3n) is 4.73. The fourth-order valence-electron chi connectivity index (χ4n) is 2.83. The Morgan fingerprint density at radius 1 is 1.06 bits per heavy atom. The lowest BCUT2D eigenvalue weighted by Gasteiger charge is -2.32. The molecule has 0 unspecified atom stereocenters. The molecule has 2 rings (SSSR count). The van der Waals surface area contributed by atoms with E-state index in [0.717, 1.165) is 43.3 Å². The zero-order valence-electron chi connectivity index (χ0n) is 19.2. The Balaban J connectivity index is 2.49. The molecular formula is C22H23F4N3O4S2. The zero-order chi connectivity index (χ0) is 26.8. The van der Waals surface area contributed by atoms with Gasteiger partial charge in [0.15, 0.2) is 9.84 Å². The highest BCUT2D eigenvalue weighted by Gasteiger charge is 2.42. The highest BCUT2D eigenvalue weighted by molar-refractivity contribution is 7.91. The first-order valence-corrected chi connectivity index (χ1v) is 12.8. The number of carbonyl (C=O) groups excluding carboxylic acids is 1. The quantitative estimate of drug-likeness (QED) is 0.413. The molecule has 1 amide bonds. The first-order valence-electron chi connectivity index (χ1n) is 10.00. The maximum atomic E-state index is 13.3. The van der Waals surface area contributed by atoms with Crippen molar-refractivity contribution >= 4 is 32.4 Å². The summed E-state index contributed by atoms with van der Waals surface area (Å²) < 4.78 is 93.5. The van der Waals surface area contributed by atoms with Crippen molar-refractivity contribution in [1.82, 2.24) is 4.72 Å². The van der Waals surface area contributed by atoms with Crippen molar-refractivity contribution in [2.24, 2.45) is 0 Å². The number of hydrogen-bond acceptors (Lipinski definition) is 5. The maximum absolute atomic E-state index is 13.3. The molecule has 2 aromatic rings. The van der Waals surface area contributed by atoms with E-state index in [9.17, 15) is 35.0 Å². The third kappa shape index (κ3) is 7.09. The monoisotopic (exact) mass is 533 g/mol. The van der Waals surface area contributed by atoms with Crippen molar-refractivity contribution < 1.29 is 35.0 Å². The predicted molar refractivity (Wildman–Crippen MR) is 123 cm³/mol. The van der Waals surface area contributed by atoms with Crippen LogP contribution >= 0.6 is 0 Å². The van der Waals surface area contributed by atoms with Crippen LogP contribution in [0.25, 0.3) is 0 Å². The van der Waals surface area contributed by atoms with Crippen LogP contribution in [0.5, 0.6) is 0 Å². The van der Waals surface area contributed by atoms with Crippen molar-refractivity contribution in [2.45, 2.75) is 49.1 Å². The van der Waals surface area contributed by atoms with Gasteiger partial charge in [0.05, 0.1) is 43.6 Å². The maximum Gasteiger partial charge on any atom is 0.417 e. The van der Waals surface area contributed by atoms with Gasteiger partial charge in [-0.2, -0.15) is 18.4 Å². The molecule has 0 bridgehead atoms. The molecule has 0 fully saturated rings. The molecule has 2 N–H and O–H groups in total. The largest absolute Gasteiger partial charge is 0.417 e. The van der Waals surface area contributed by atoms with Gasteiger partial charge in [0.2, 0.25) is 5.91 Å². The molecule has 7 nitrogen and oxygen atoms in total. The second-order valence-electron chi connectivity index (χ2n) is 8.85. The molecule has 2 atom stereocenters. The van der Waals surface area contributed by atoms with Crippen LogP contribution in [0.4, 0.5) is 23.2 Å². The summed E-state index contributed by atoms with van der Waals surface area (Å²) in [6.45, 7) is 5.85. The molecule has 0 aliphatic rings. The number of benzene rings is 2. The van der Waals surface area contributed by atoms with Gasteiger partial charge >= 0.3 is 6.18 Å². The minimum absolute atomic E-state index is 0.306. The first kappa shape index (κ1) is 28.4. The Kier molecular flexibility index (Phi) is 8.15. The summed E-state index contributed by atoms with van der Waals surface area (Å²) in [5, 5.41) is 11.2. The van der Waals surface area contributed by atoms with Crippen LogP contribution in [0.3, 0.4) is 0 Å². The third-order valence-corrected chi connectivity index (χ3v) is 8.43. The molecule has 0 saturated carbocycles. The number of rotatable bonds is 7. The number of nitrogens with zero attached hydrogens (tertiary/aromatic N) is 1. The molecule has 0 radical (unpaired) electrons. The summed E-state index contributed by atoms with van der Waals surface area (Å²) in [6.07, 6.45) is -4.88. The SMILES string of the molecule is CC(C)(C)[S@](=O)N[C@@](C)(CS(=O)(=O)c1ccc(F)cc1)C(=O)Nc1ccc(C#N)c(C(F)(F)F)c1. The molecule has 0 spiro atoms. The number of anilines is 1. The number of alkyl halides is 3. The molecule has 0 saturated heterocycles. The van der Waals surface area contributed by atoms with E-state index in [0.29, 0.717) is 6.07 Å². The number of amides is 1. The lowest BCUT2D eigenvalue weighted by molar-refractivity contribution is -0.137.